The predicted molar refractivity (Wildman–Crippen MR) is 72.1 cm³/mol. The number of aliphatic hydroxyl groups excluding tert-OH is 1. The van der Waals surface area contributed by atoms with Crippen LogP contribution in [0.2, 0.25) is 0 Å². The van der Waals surface area contributed by atoms with Gasteiger partial charge in [-0.1, -0.05) is 16.4 Å². The van der Waals surface area contributed by atoms with Crippen molar-refractivity contribution in [3.8, 4) is 10.7 Å². The van der Waals surface area contributed by atoms with Crippen molar-refractivity contribution in [1.29, 1.82) is 0 Å². The Morgan fingerprint density at radius 2 is 2.35 bits per heavy atom. The Hall–Kier alpha value is -2.06. The fourth-order valence-corrected chi connectivity index (χ4v) is 2.40. The van der Waals surface area contributed by atoms with Crippen molar-refractivity contribution in [2.75, 3.05) is 6.61 Å². The van der Waals surface area contributed by atoms with Gasteiger partial charge in [-0.3, -0.25) is 0 Å². The lowest BCUT2D eigenvalue weighted by atomic mass is 10.3. The summed E-state index contributed by atoms with van der Waals surface area (Å²) in [5, 5.41) is 22.7. The minimum absolute atomic E-state index is 0.153. The molecule has 0 aliphatic carbocycles. The summed E-state index contributed by atoms with van der Waals surface area (Å²) < 4.78 is 6.85. The lowest BCUT2D eigenvalue weighted by Crippen LogP contribution is -2.00. The molecule has 1 N–H and O–H groups in total. The maximum Gasteiger partial charge on any atom is 0.248 e. The number of hydrogen-bond acceptors (Lipinski definition) is 7. The first-order valence-corrected chi connectivity index (χ1v) is 7.09. The SMILES string of the molecule is OCCCc1cn(Cc2nc(-c3cccs3)no2)nn1. The molecule has 0 aromatic carbocycles. The minimum Gasteiger partial charge on any atom is -0.396 e. The Labute approximate surface area is 118 Å². The third-order valence-corrected chi connectivity index (χ3v) is 3.55. The summed E-state index contributed by atoms with van der Waals surface area (Å²) in [4.78, 5) is 5.30. The normalized spacial score (nSPS) is 11.1. The van der Waals surface area contributed by atoms with E-state index in [1.807, 2.05) is 23.7 Å². The number of thiophene rings is 1. The maximum absolute atomic E-state index is 8.78. The second kappa shape index (κ2) is 5.93. The molecule has 0 aliphatic rings. The number of aromatic nitrogens is 5. The van der Waals surface area contributed by atoms with Crippen LogP contribution < -0.4 is 0 Å². The second-order valence-corrected chi connectivity index (χ2v) is 5.17. The van der Waals surface area contributed by atoms with Crippen LogP contribution in [-0.2, 0) is 13.0 Å². The highest BCUT2D eigenvalue weighted by Crippen LogP contribution is 2.21. The third kappa shape index (κ3) is 2.91. The average Bonchev–Trinajstić information content (AvgIpc) is 3.18. The lowest BCUT2D eigenvalue weighted by molar-refractivity contribution is 0.288. The van der Waals surface area contributed by atoms with Gasteiger partial charge in [0.15, 0.2) is 0 Å². The first-order valence-electron chi connectivity index (χ1n) is 6.21. The molecule has 3 rings (SSSR count). The smallest absolute Gasteiger partial charge is 0.248 e. The lowest BCUT2D eigenvalue weighted by Gasteiger charge is -1.92. The predicted octanol–water partition coefficient (Wildman–Crippen LogP) is 1.36. The number of hydrogen-bond donors (Lipinski definition) is 1. The molecule has 0 amide bonds. The Morgan fingerprint density at radius 1 is 1.40 bits per heavy atom. The Balaban J connectivity index is 1.67. The number of nitrogens with zero attached hydrogens (tertiary/aromatic N) is 5. The molecule has 0 saturated heterocycles. The van der Waals surface area contributed by atoms with Gasteiger partial charge in [0.05, 0.1) is 10.6 Å². The van der Waals surface area contributed by atoms with Gasteiger partial charge in [-0.05, 0) is 24.3 Å². The van der Waals surface area contributed by atoms with Crippen LogP contribution in [0.4, 0.5) is 0 Å². The molecule has 7 nitrogen and oxygen atoms in total. The average molecular weight is 291 g/mol. The van der Waals surface area contributed by atoms with E-state index in [9.17, 15) is 0 Å². The number of aliphatic hydroxyl groups is 1. The summed E-state index contributed by atoms with van der Waals surface area (Å²) in [6.45, 7) is 0.547. The highest BCUT2D eigenvalue weighted by molar-refractivity contribution is 7.13. The van der Waals surface area contributed by atoms with Crippen LogP contribution >= 0.6 is 11.3 Å². The molecule has 3 heterocycles. The highest BCUT2D eigenvalue weighted by atomic mass is 32.1. The molecule has 8 heteroatoms. The first-order chi connectivity index (χ1) is 9.85. The Morgan fingerprint density at radius 3 is 3.15 bits per heavy atom. The Kier molecular flexibility index (Phi) is 3.84. The van der Waals surface area contributed by atoms with Gasteiger partial charge in [-0.15, -0.1) is 16.4 Å². The molecule has 0 spiro atoms. The maximum atomic E-state index is 8.78. The molecule has 0 unspecified atom stereocenters. The quantitative estimate of drug-likeness (QED) is 0.737. The Bertz CT molecular complexity index is 661. The van der Waals surface area contributed by atoms with E-state index in [1.165, 1.54) is 0 Å². The molecular formula is C12H13N5O2S. The van der Waals surface area contributed by atoms with Gasteiger partial charge < -0.3 is 9.63 Å². The molecule has 3 aromatic rings. The van der Waals surface area contributed by atoms with Crippen molar-refractivity contribution in [2.24, 2.45) is 0 Å². The molecule has 0 bridgehead atoms. The van der Waals surface area contributed by atoms with Crippen LogP contribution in [0.25, 0.3) is 10.7 Å². The van der Waals surface area contributed by atoms with Crippen LogP contribution in [0, 0.1) is 0 Å². The number of rotatable bonds is 6. The van der Waals surface area contributed by atoms with Gasteiger partial charge in [0.2, 0.25) is 11.7 Å². The monoisotopic (exact) mass is 291 g/mol. The zero-order chi connectivity index (χ0) is 13.8. The minimum atomic E-state index is 0.153. The van der Waals surface area contributed by atoms with Gasteiger partial charge in [0, 0.05) is 12.8 Å². The summed E-state index contributed by atoms with van der Waals surface area (Å²) in [6.07, 6.45) is 3.22. The van der Waals surface area contributed by atoms with E-state index in [0.717, 1.165) is 10.6 Å². The van der Waals surface area contributed by atoms with Crippen LogP contribution in [0.5, 0.6) is 0 Å². The zero-order valence-corrected chi connectivity index (χ0v) is 11.5. The van der Waals surface area contributed by atoms with E-state index in [-0.39, 0.29) is 6.61 Å². The van der Waals surface area contributed by atoms with E-state index >= 15 is 0 Å². The van der Waals surface area contributed by atoms with Crippen LogP contribution in [-0.4, -0.2) is 36.8 Å². The molecular weight excluding hydrogens is 278 g/mol. The van der Waals surface area contributed by atoms with Crippen molar-refractivity contribution in [1.82, 2.24) is 25.1 Å². The van der Waals surface area contributed by atoms with E-state index < -0.39 is 0 Å². The van der Waals surface area contributed by atoms with Crippen LogP contribution in [0.3, 0.4) is 0 Å². The fraction of sp³-hybridized carbons (Fsp3) is 0.333. The molecule has 3 aromatic heterocycles. The molecule has 104 valence electrons. The van der Waals surface area contributed by atoms with Crippen molar-refractivity contribution in [3.05, 3.63) is 35.3 Å². The summed E-state index contributed by atoms with van der Waals surface area (Å²) >= 11 is 1.57. The van der Waals surface area contributed by atoms with Gasteiger partial charge in [-0.25, -0.2) is 4.68 Å². The summed E-state index contributed by atoms with van der Waals surface area (Å²) in [5.41, 5.74) is 0.844. The molecule has 0 saturated carbocycles. The molecule has 20 heavy (non-hydrogen) atoms. The van der Waals surface area contributed by atoms with Crippen LogP contribution in [0.15, 0.2) is 28.2 Å². The standard InChI is InChI=1S/C12H13N5O2S/c18-5-1-3-9-7-17(16-14-9)8-11-13-12(15-19-11)10-4-2-6-20-10/h2,4,6-7,18H,1,3,5,8H2. The van der Waals surface area contributed by atoms with E-state index in [0.29, 0.717) is 31.1 Å². The van der Waals surface area contributed by atoms with E-state index in [2.05, 4.69) is 20.5 Å². The summed E-state index contributed by atoms with van der Waals surface area (Å²) in [6, 6.07) is 3.89. The highest BCUT2D eigenvalue weighted by Gasteiger charge is 2.10. The second-order valence-electron chi connectivity index (χ2n) is 4.22. The van der Waals surface area contributed by atoms with Gasteiger partial charge >= 0.3 is 0 Å². The molecule has 0 atom stereocenters. The molecule has 0 aliphatic heterocycles. The third-order valence-electron chi connectivity index (χ3n) is 2.68. The van der Waals surface area contributed by atoms with Crippen molar-refractivity contribution in [2.45, 2.75) is 19.4 Å². The zero-order valence-electron chi connectivity index (χ0n) is 10.6. The fourth-order valence-electron chi connectivity index (χ4n) is 1.75. The first kappa shape index (κ1) is 12.9. The van der Waals surface area contributed by atoms with E-state index in [4.69, 9.17) is 9.63 Å². The van der Waals surface area contributed by atoms with Gasteiger partial charge in [0.25, 0.3) is 0 Å². The van der Waals surface area contributed by atoms with Crippen molar-refractivity contribution in [3.63, 3.8) is 0 Å². The number of aryl methyl sites for hydroxylation is 1. The van der Waals surface area contributed by atoms with Gasteiger partial charge in [-0.2, -0.15) is 4.98 Å². The largest absolute Gasteiger partial charge is 0.396 e. The van der Waals surface area contributed by atoms with Crippen molar-refractivity contribution < 1.29 is 9.63 Å². The van der Waals surface area contributed by atoms with E-state index in [1.54, 1.807) is 16.0 Å². The summed E-state index contributed by atoms with van der Waals surface area (Å²) in [7, 11) is 0. The summed E-state index contributed by atoms with van der Waals surface area (Å²) in [5.74, 6) is 1.09. The van der Waals surface area contributed by atoms with Gasteiger partial charge in [0.1, 0.15) is 6.54 Å². The molecule has 0 radical (unpaired) electrons. The van der Waals surface area contributed by atoms with Crippen LogP contribution in [0.1, 0.15) is 18.0 Å². The van der Waals surface area contributed by atoms with Crippen molar-refractivity contribution >= 4 is 11.3 Å². The molecule has 0 fully saturated rings. The topological polar surface area (TPSA) is 89.9 Å².